The minimum atomic E-state index is -1.50. The molecule has 1 aliphatic carbocycles. The Balaban J connectivity index is 1.76. The van der Waals surface area contributed by atoms with Crippen LogP contribution in [0.4, 0.5) is 10.5 Å². The number of amides is 4. The Morgan fingerprint density at radius 3 is 2.50 bits per heavy atom. The summed E-state index contributed by atoms with van der Waals surface area (Å²) in [5, 5.41) is 19.1. The third-order valence-electron chi connectivity index (χ3n) is 4.44. The molecule has 136 valence electrons. The highest BCUT2D eigenvalue weighted by Gasteiger charge is 2.55. The van der Waals surface area contributed by atoms with E-state index in [9.17, 15) is 14.4 Å². The van der Waals surface area contributed by atoms with Crippen molar-refractivity contribution in [1.82, 2.24) is 16.0 Å². The molecule has 0 spiro atoms. The van der Waals surface area contributed by atoms with Crippen LogP contribution in [-0.4, -0.2) is 35.4 Å². The molecule has 5 N–H and O–H groups in total. The Kier molecular flexibility index (Phi) is 4.90. The molecule has 26 heavy (non-hydrogen) atoms. The summed E-state index contributed by atoms with van der Waals surface area (Å²) < 4.78 is 0. The van der Waals surface area contributed by atoms with Crippen molar-refractivity contribution in [1.29, 1.82) is 5.41 Å². The fourth-order valence-electron chi connectivity index (χ4n) is 2.83. The molecule has 4 amide bonds. The van der Waals surface area contributed by atoms with Crippen molar-refractivity contribution in [3.05, 3.63) is 29.3 Å². The fourth-order valence-corrected chi connectivity index (χ4v) is 2.95. The van der Waals surface area contributed by atoms with Gasteiger partial charge in [-0.15, -0.1) is 0 Å². The Morgan fingerprint density at radius 2 is 2.00 bits per heavy atom. The van der Waals surface area contributed by atoms with E-state index >= 15 is 0 Å². The van der Waals surface area contributed by atoms with Gasteiger partial charge < -0.3 is 16.0 Å². The molecule has 1 saturated carbocycles. The number of urea groups is 1. The SMILES string of the molecule is N=C/C(=N\Nc1ccc(Cl)cc1)C(=O)NC1(C2CCC2)NC(=O)NC1=O. The summed E-state index contributed by atoms with van der Waals surface area (Å²) in [7, 11) is 0. The number of imide groups is 1. The summed E-state index contributed by atoms with van der Waals surface area (Å²) in [6.45, 7) is 0. The van der Waals surface area contributed by atoms with Crippen molar-refractivity contribution < 1.29 is 14.4 Å². The lowest BCUT2D eigenvalue weighted by atomic mass is 9.75. The van der Waals surface area contributed by atoms with Crippen molar-refractivity contribution >= 4 is 47.1 Å². The standard InChI is InChI=1S/C16H17ClN6O3/c17-10-4-6-11(7-5-10)22-23-12(8-18)13(24)20-16(9-2-1-3-9)14(25)19-15(26)21-16/h4-9,18,22H,1-3H2,(H,20,24)(H2,19,21,25,26)/b18-8?,23-12+. The van der Waals surface area contributed by atoms with Crippen LogP contribution in [0.2, 0.25) is 5.02 Å². The van der Waals surface area contributed by atoms with Gasteiger partial charge >= 0.3 is 6.03 Å². The zero-order valence-electron chi connectivity index (χ0n) is 13.6. The number of hydrogen-bond donors (Lipinski definition) is 5. The number of hydrogen-bond acceptors (Lipinski definition) is 6. The third-order valence-corrected chi connectivity index (χ3v) is 4.70. The van der Waals surface area contributed by atoms with E-state index in [0.29, 0.717) is 23.6 Å². The zero-order chi connectivity index (χ0) is 18.7. The van der Waals surface area contributed by atoms with Crippen molar-refractivity contribution in [2.24, 2.45) is 11.0 Å². The molecule has 0 aromatic heterocycles. The summed E-state index contributed by atoms with van der Waals surface area (Å²) in [4.78, 5) is 36.4. The first kappa shape index (κ1) is 17.9. The lowest BCUT2D eigenvalue weighted by molar-refractivity contribution is -0.133. The normalized spacial score (nSPS) is 22.9. The highest BCUT2D eigenvalue weighted by Crippen LogP contribution is 2.36. The molecule has 2 aliphatic rings. The summed E-state index contributed by atoms with van der Waals surface area (Å²) in [6, 6.07) is 5.95. The van der Waals surface area contributed by atoms with Gasteiger partial charge in [0.2, 0.25) is 0 Å². The first-order chi connectivity index (χ1) is 12.4. The molecule has 1 aromatic rings. The second kappa shape index (κ2) is 7.12. The van der Waals surface area contributed by atoms with Crippen LogP contribution in [-0.2, 0) is 9.59 Å². The van der Waals surface area contributed by atoms with E-state index in [0.717, 1.165) is 12.6 Å². The van der Waals surface area contributed by atoms with Crippen LogP contribution >= 0.6 is 11.6 Å². The topological polar surface area (TPSA) is 136 Å². The maximum absolute atomic E-state index is 12.5. The number of nitrogens with one attached hydrogen (secondary N) is 5. The Labute approximate surface area is 154 Å². The zero-order valence-corrected chi connectivity index (χ0v) is 14.4. The number of nitrogens with zero attached hydrogens (tertiary/aromatic N) is 1. The molecule has 1 heterocycles. The van der Waals surface area contributed by atoms with Gasteiger partial charge in [0.05, 0.1) is 11.9 Å². The van der Waals surface area contributed by atoms with Crippen LogP contribution in [0.3, 0.4) is 0 Å². The molecule has 2 fully saturated rings. The molecule has 9 nitrogen and oxygen atoms in total. The van der Waals surface area contributed by atoms with E-state index in [1.165, 1.54) is 0 Å². The summed E-state index contributed by atoms with van der Waals surface area (Å²) in [6.07, 6.45) is 3.08. The number of rotatable bonds is 6. The minimum Gasteiger partial charge on any atom is -0.320 e. The van der Waals surface area contributed by atoms with Gasteiger partial charge in [-0.3, -0.25) is 20.3 Å². The quantitative estimate of drug-likeness (QED) is 0.289. The van der Waals surface area contributed by atoms with Crippen molar-refractivity contribution in [3.8, 4) is 0 Å². The van der Waals surface area contributed by atoms with Gasteiger partial charge in [0, 0.05) is 10.9 Å². The number of hydrazone groups is 1. The van der Waals surface area contributed by atoms with Crippen LogP contribution in [0.5, 0.6) is 0 Å². The van der Waals surface area contributed by atoms with Crippen molar-refractivity contribution in [2.75, 3.05) is 5.43 Å². The average molecular weight is 377 g/mol. The smallest absolute Gasteiger partial charge is 0.320 e. The number of halogens is 1. The second-order valence-electron chi connectivity index (χ2n) is 6.06. The van der Waals surface area contributed by atoms with Gasteiger partial charge in [0.25, 0.3) is 11.8 Å². The average Bonchev–Trinajstić information content (AvgIpc) is 2.82. The predicted octanol–water partition coefficient (Wildman–Crippen LogP) is 1.21. The van der Waals surface area contributed by atoms with E-state index in [1.54, 1.807) is 24.3 Å². The fraction of sp³-hybridized carbons (Fsp3) is 0.312. The minimum absolute atomic E-state index is 0.200. The van der Waals surface area contributed by atoms with Crippen LogP contribution in [0, 0.1) is 11.3 Å². The highest BCUT2D eigenvalue weighted by atomic mass is 35.5. The third kappa shape index (κ3) is 3.38. The number of benzene rings is 1. The van der Waals surface area contributed by atoms with Gasteiger partial charge in [0.15, 0.2) is 11.4 Å². The van der Waals surface area contributed by atoms with E-state index in [2.05, 4.69) is 26.5 Å². The van der Waals surface area contributed by atoms with Gasteiger partial charge in [-0.05, 0) is 37.1 Å². The largest absolute Gasteiger partial charge is 0.323 e. The predicted molar refractivity (Wildman–Crippen MR) is 96.2 cm³/mol. The Bertz CT molecular complexity index is 790. The molecule has 1 atom stereocenters. The van der Waals surface area contributed by atoms with Crippen LogP contribution in [0.1, 0.15) is 19.3 Å². The maximum atomic E-state index is 12.5. The summed E-state index contributed by atoms with van der Waals surface area (Å²) in [5.74, 6) is -1.55. The molecule has 0 radical (unpaired) electrons. The number of carbonyl (C=O) groups excluding carboxylic acids is 3. The van der Waals surface area contributed by atoms with Gasteiger partial charge in [-0.25, -0.2) is 4.79 Å². The maximum Gasteiger partial charge on any atom is 0.323 e. The van der Waals surface area contributed by atoms with E-state index in [1.807, 2.05) is 0 Å². The highest BCUT2D eigenvalue weighted by molar-refractivity contribution is 6.60. The van der Waals surface area contributed by atoms with E-state index in [-0.39, 0.29) is 11.6 Å². The van der Waals surface area contributed by atoms with E-state index in [4.69, 9.17) is 17.0 Å². The molecule has 1 unspecified atom stereocenters. The monoisotopic (exact) mass is 376 g/mol. The van der Waals surface area contributed by atoms with Gasteiger partial charge in [-0.2, -0.15) is 5.10 Å². The molecule has 3 rings (SSSR count). The molecule has 10 heteroatoms. The lowest BCUT2D eigenvalue weighted by Crippen LogP contribution is -2.67. The van der Waals surface area contributed by atoms with Crippen molar-refractivity contribution in [2.45, 2.75) is 24.9 Å². The molecule has 1 aromatic carbocycles. The second-order valence-corrected chi connectivity index (χ2v) is 6.49. The first-order valence-corrected chi connectivity index (χ1v) is 8.38. The molecule has 1 saturated heterocycles. The summed E-state index contributed by atoms with van der Waals surface area (Å²) in [5.41, 5.74) is 1.47. The Morgan fingerprint density at radius 1 is 1.31 bits per heavy atom. The van der Waals surface area contributed by atoms with Gasteiger partial charge in [-0.1, -0.05) is 18.0 Å². The van der Waals surface area contributed by atoms with Crippen molar-refractivity contribution in [3.63, 3.8) is 0 Å². The van der Waals surface area contributed by atoms with Crippen LogP contribution in [0.25, 0.3) is 0 Å². The Hall–Kier alpha value is -2.94. The molecular formula is C16H17ClN6O3. The summed E-state index contributed by atoms with van der Waals surface area (Å²) >= 11 is 5.80. The first-order valence-electron chi connectivity index (χ1n) is 8.00. The molecule has 0 bridgehead atoms. The molecular weight excluding hydrogens is 360 g/mol. The number of anilines is 1. The van der Waals surface area contributed by atoms with E-state index < -0.39 is 23.5 Å². The lowest BCUT2D eigenvalue weighted by Gasteiger charge is -2.40. The molecule has 1 aliphatic heterocycles. The van der Waals surface area contributed by atoms with Gasteiger partial charge in [0.1, 0.15) is 0 Å². The number of carbonyl (C=O) groups is 3. The van der Waals surface area contributed by atoms with Crippen LogP contribution in [0.15, 0.2) is 29.4 Å². The van der Waals surface area contributed by atoms with Crippen LogP contribution < -0.4 is 21.4 Å².